The molecule has 0 bridgehead atoms. The molecule has 3 nitrogen and oxygen atoms in total. The van der Waals surface area contributed by atoms with E-state index in [4.69, 9.17) is 16.3 Å². The molecule has 0 N–H and O–H groups in total. The van der Waals surface area contributed by atoms with Crippen LogP contribution < -0.4 is 4.90 Å². The Morgan fingerprint density at radius 2 is 1.38 bits per heavy atom. The molecular formula is C22H18ClNO2. The molecule has 4 heteroatoms. The highest BCUT2D eigenvalue weighted by Crippen LogP contribution is 2.44. The van der Waals surface area contributed by atoms with Crippen LogP contribution in [-0.4, -0.2) is 18.7 Å². The van der Waals surface area contributed by atoms with E-state index in [9.17, 15) is 4.79 Å². The van der Waals surface area contributed by atoms with Crippen molar-refractivity contribution < 1.29 is 9.53 Å². The van der Waals surface area contributed by atoms with E-state index < -0.39 is 6.09 Å². The van der Waals surface area contributed by atoms with Gasteiger partial charge in [-0.2, -0.15) is 0 Å². The third-order valence-corrected chi connectivity index (χ3v) is 4.98. The summed E-state index contributed by atoms with van der Waals surface area (Å²) in [5.41, 5.74) is 5.53. The lowest BCUT2D eigenvalue weighted by Crippen LogP contribution is -2.31. The lowest BCUT2D eigenvalue weighted by atomic mass is 9.98. The Morgan fingerprint density at radius 1 is 0.846 bits per heavy atom. The Bertz CT molecular complexity index is 881. The van der Waals surface area contributed by atoms with Gasteiger partial charge < -0.3 is 4.74 Å². The van der Waals surface area contributed by atoms with Gasteiger partial charge in [0.05, 0.1) is 0 Å². The zero-order valence-electron chi connectivity index (χ0n) is 14.1. The molecule has 0 atom stereocenters. The highest BCUT2D eigenvalue weighted by Gasteiger charge is 2.29. The number of nitrogens with zero attached hydrogens (tertiary/aromatic N) is 1. The summed E-state index contributed by atoms with van der Waals surface area (Å²) < 4.78 is 5.65. The van der Waals surface area contributed by atoms with Crippen molar-refractivity contribution in [3.05, 3.63) is 90.0 Å². The number of anilines is 1. The number of hydrogen-bond acceptors (Lipinski definition) is 2. The molecule has 0 unspecified atom stereocenters. The average molecular weight is 364 g/mol. The molecule has 0 radical (unpaired) electrons. The van der Waals surface area contributed by atoms with Crippen LogP contribution in [0.1, 0.15) is 17.0 Å². The molecule has 1 aliphatic carbocycles. The molecule has 1 amide bonds. The summed E-state index contributed by atoms with van der Waals surface area (Å²) in [6.07, 6.45) is -0.437. The van der Waals surface area contributed by atoms with Crippen LogP contribution in [0.15, 0.2) is 78.9 Å². The van der Waals surface area contributed by atoms with E-state index in [1.807, 2.05) is 54.6 Å². The topological polar surface area (TPSA) is 29.5 Å². The van der Waals surface area contributed by atoms with Crippen LogP contribution >= 0.6 is 11.6 Å². The lowest BCUT2D eigenvalue weighted by molar-refractivity contribution is 0.151. The summed E-state index contributed by atoms with van der Waals surface area (Å²) in [4.78, 5) is 14.0. The van der Waals surface area contributed by atoms with Gasteiger partial charge in [-0.25, -0.2) is 4.79 Å². The number of amides is 1. The molecule has 0 aliphatic heterocycles. The molecule has 3 aromatic rings. The van der Waals surface area contributed by atoms with E-state index in [0.29, 0.717) is 0 Å². The molecule has 0 saturated carbocycles. The van der Waals surface area contributed by atoms with Gasteiger partial charge in [0.2, 0.25) is 0 Å². The van der Waals surface area contributed by atoms with Crippen molar-refractivity contribution in [3.63, 3.8) is 0 Å². The molecule has 130 valence electrons. The minimum Gasteiger partial charge on any atom is -0.448 e. The highest BCUT2D eigenvalue weighted by atomic mass is 35.5. The first-order valence-electron chi connectivity index (χ1n) is 8.53. The largest absolute Gasteiger partial charge is 0.448 e. The summed E-state index contributed by atoms with van der Waals surface area (Å²) in [6, 6.07) is 25.9. The lowest BCUT2D eigenvalue weighted by Gasteiger charge is -2.21. The zero-order valence-corrected chi connectivity index (χ0v) is 14.9. The Kier molecular flexibility index (Phi) is 4.63. The number of carbonyl (C=O) groups excluding carboxylic acids is 1. The first kappa shape index (κ1) is 16.7. The molecule has 1 aliphatic rings. The third-order valence-electron chi connectivity index (χ3n) is 4.74. The van der Waals surface area contributed by atoms with Gasteiger partial charge in [0.15, 0.2) is 0 Å². The van der Waals surface area contributed by atoms with E-state index in [0.717, 1.165) is 5.69 Å². The predicted octanol–water partition coefficient (Wildman–Crippen LogP) is 5.64. The zero-order chi connectivity index (χ0) is 17.9. The van der Waals surface area contributed by atoms with Crippen LogP contribution in [0.4, 0.5) is 10.5 Å². The quantitative estimate of drug-likeness (QED) is 0.443. The first-order chi connectivity index (χ1) is 12.8. The molecule has 26 heavy (non-hydrogen) atoms. The second-order valence-electron chi connectivity index (χ2n) is 6.19. The van der Waals surface area contributed by atoms with Crippen LogP contribution in [0.2, 0.25) is 0 Å². The van der Waals surface area contributed by atoms with Crippen molar-refractivity contribution in [2.24, 2.45) is 0 Å². The standard InChI is InChI=1S/C22H18ClNO2/c23-15-24(16-8-2-1-3-9-16)22(25)26-14-21-19-12-6-4-10-17(19)18-11-5-7-13-20(18)21/h1-13,21H,14-15H2. The minimum atomic E-state index is -0.437. The van der Waals surface area contributed by atoms with E-state index in [-0.39, 0.29) is 18.5 Å². The van der Waals surface area contributed by atoms with Crippen molar-refractivity contribution in [1.29, 1.82) is 0 Å². The van der Waals surface area contributed by atoms with Gasteiger partial charge in [-0.1, -0.05) is 66.7 Å². The van der Waals surface area contributed by atoms with Crippen LogP contribution in [-0.2, 0) is 4.74 Å². The number of benzene rings is 3. The van der Waals surface area contributed by atoms with E-state index in [2.05, 4.69) is 24.3 Å². The molecule has 0 fully saturated rings. The number of ether oxygens (including phenoxy) is 1. The summed E-state index contributed by atoms with van der Waals surface area (Å²) in [5, 5.41) is 0. The van der Waals surface area contributed by atoms with Gasteiger partial charge in [-0.3, -0.25) is 4.90 Å². The number of fused-ring (bicyclic) bond motifs is 3. The number of para-hydroxylation sites is 1. The van der Waals surface area contributed by atoms with Crippen molar-refractivity contribution >= 4 is 23.4 Å². The fraction of sp³-hybridized carbons (Fsp3) is 0.136. The summed E-state index contributed by atoms with van der Waals surface area (Å²) in [7, 11) is 0. The van der Waals surface area contributed by atoms with Gasteiger partial charge in [-0.05, 0) is 34.4 Å². The van der Waals surface area contributed by atoms with Crippen LogP contribution in [0.3, 0.4) is 0 Å². The SMILES string of the molecule is O=C(OCC1c2ccccc2-c2ccccc21)N(CCl)c1ccccc1. The highest BCUT2D eigenvalue weighted by molar-refractivity contribution is 6.21. The number of carbonyl (C=O) groups is 1. The molecule has 0 saturated heterocycles. The fourth-order valence-corrected chi connectivity index (χ4v) is 3.74. The number of rotatable bonds is 4. The van der Waals surface area contributed by atoms with Gasteiger partial charge in [0, 0.05) is 11.6 Å². The maximum Gasteiger partial charge on any atom is 0.415 e. The molecule has 0 spiro atoms. The molecular weight excluding hydrogens is 346 g/mol. The van der Waals surface area contributed by atoms with Gasteiger partial charge in [0.1, 0.15) is 12.6 Å². The van der Waals surface area contributed by atoms with Crippen LogP contribution in [0, 0.1) is 0 Å². The summed E-state index contributed by atoms with van der Waals surface area (Å²) in [6.45, 7) is 0.285. The smallest absolute Gasteiger partial charge is 0.415 e. The van der Waals surface area contributed by atoms with Crippen molar-refractivity contribution in [1.82, 2.24) is 0 Å². The molecule has 0 heterocycles. The van der Waals surface area contributed by atoms with Gasteiger partial charge in [-0.15, -0.1) is 11.6 Å². The van der Waals surface area contributed by atoms with Crippen molar-refractivity contribution in [2.75, 3.05) is 17.5 Å². The Balaban J connectivity index is 1.55. The fourth-order valence-electron chi connectivity index (χ4n) is 3.50. The Morgan fingerprint density at radius 3 is 1.96 bits per heavy atom. The van der Waals surface area contributed by atoms with Crippen LogP contribution in [0.25, 0.3) is 11.1 Å². The monoisotopic (exact) mass is 363 g/mol. The molecule has 3 aromatic carbocycles. The van der Waals surface area contributed by atoms with E-state index in [1.54, 1.807) is 0 Å². The van der Waals surface area contributed by atoms with Gasteiger partial charge in [0.25, 0.3) is 0 Å². The van der Waals surface area contributed by atoms with Crippen molar-refractivity contribution in [2.45, 2.75) is 5.92 Å². The predicted molar refractivity (Wildman–Crippen MR) is 105 cm³/mol. The normalized spacial score (nSPS) is 12.3. The maximum absolute atomic E-state index is 12.6. The number of alkyl halides is 1. The van der Waals surface area contributed by atoms with Gasteiger partial charge >= 0.3 is 6.09 Å². The van der Waals surface area contributed by atoms with Crippen molar-refractivity contribution in [3.8, 4) is 11.1 Å². The number of hydrogen-bond donors (Lipinski definition) is 0. The maximum atomic E-state index is 12.6. The average Bonchev–Trinajstić information content (AvgIpc) is 3.02. The minimum absolute atomic E-state index is 0.0410. The Hall–Kier alpha value is -2.78. The van der Waals surface area contributed by atoms with E-state index in [1.165, 1.54) is 27.2 Å². The molecule has 4 rings (SSSR count). The third kappa shape index (κ3) is 2.95. The second-order valence-corrected chi connectivity index (χ2v) is 6.43. The number of halogens is 1. The first-order valence-corrected chi connectivity index (χ1v) is 9.06. The van der Waals surface area contributed by atoms with Crippen LogP contribution in [0.5, 0.6) is 0 Å². The Labute approximate surface area is 157 Å². The second kappa shape index (κ2) is 7.22. The van der Waals surface area contributed by atoms with E-state index >= 15 is 0 Å². The summed E-state index contributed by atoms with van der Waals surface area (Å²) >= 11 is 5.98. The summed E-state index contributed by atoms with van der Waals surface area (Å²) in [5.74, 6) is 0.0410. The molecule has 0 aromatic heterocycles.